The summed E-state index contributed by atoms with van der Waals surface area (Å²) in [5, 5.41) is 8.89. The molecule has 0 aliphatic heterocycles. The van der Waals surface area contributed by atoms with Gasteiger partial charge in [-0.15, -0.1) is 0 Å². The molecule has 1 aromatic carbocycles. The fourth-order valence-corrected chi connectivity index (χ4v) is 2.84. The van der Waals surface area contributed by atoms with Crippen molar-refractivity contribution in [2.45, 2.75) is 18.4 Å². The zero-order valence-electron chi connectivity index (χ0n) is 10.7. The number of hydrogen-bond donors (Lipinski definition) is 2. The number of halogens is 1. The maximum atomic E-state index is 13.8. The first kappa shape index (κ1) is 14.4. The number of nitrogens with zero attached hydrogens (tertiary/aromatic N) is 1. The Balaban J connectivity index is 2.39. The smallest absolute Gasteiger partial charge is 0.264 e. The lowest BCUT2D eigenvalue weighted by Gasteiger charge is -2.11. The molecule has 0 atom stereocenters. The van der Waals surface area contributed by atoms with Gasteiger partial charge in [0.1, 0.15) is 10.7 Å². The minimum atomic E-state index is -4.03. The van der Waals surface area contributed by atoms with Crippen molar-refractivity contribution in [1.82, 2.24) is 4.98 Å². The van der Waals surface area contributed by atoms with Gasteiger partial charge in [0, 0.05) is 12.4 Å². The minimum absolute atomic E-state index is 0.307. The van der Waals surface area contributed by atoms with Gasteiger partial charge in [-0.05, 0) is 36.2 Å². The zero-order chi connectivity index (χ0) is 14.8. The lowest BCUT2D eigenvalue weighted by Crippen LogP contribution is -2.15. The van der Waals surface area contributed by atoms with Crippen LogP contribution in [0.2, 0.25) is 0 Å². The topological polar surface area (TPSA) is 79.3 Å². The van der Waals surface area contributed by atoms with E-state index in [-0.39, 0.29) is 6.61 Å². The molecule has 2 aromatic rings. The summed E-state index contributed by atoms with van der Waals surface area (Å²) < 4.78 is 40.4. The van der Waals surface area contributed by atoms with Gasteiger partial charge in [-0.25, -0.2) is 12.8 Å². The molecule has 0 aliphatic rings. The SMILES string of the molecule is Cc1cnccc1NS(=O)(=O)c1ccc(CO)cc1F. The predicted molar refractivity (Wildman–Crippen MR) is 72.1 cm³/mol. The maximum Gasteiger partial charge on any atom is 0.264 e. The van der Waals surface area contributed by atoms with Crippen molar-refractivity contribution in [3.05, 3.63) is 53.6 Å². The van der Waals surface area contributed by atoms with Crippen LogP contribution in [0.3, 0.4) is 0 Å². The van der Waals surface area contributed by atoms with Crippen LogP contribution in [0, 0.1) is 12.7 Å². The highest BCUT2D eigenvalue weighted by Gasteiger charge is 2.20. The van der Waals surface area contributed by atoms with Gasteiger partial charge in [-0.2, -0.15) is 0 Å². The minimum Gasteiger partial charge on any atom is -0.392 e. The first-order valence-electron chi connectivity index (χ1n) is 5.77. The summed E-state index contributed by atoms with van der Waals surface area (Å²) in [6, 6.07) is 4.97. The standard InChI is InChI=1S/C13H13FN2O3S/c1-9-7-15-5-4-12(9)16-20(18,19)13-3-2-10(8-17)6-11(13)14/h2-7,17H,8H2,1H3,(H,15,16). The molecule has 0 fully saturated rings. The normalized spacial score (nSPS) is 11.3. The molecular formula is C13H13FN2O3S. The Bertz CT molecular complexity index is 732. The number of nitrogens with one attached hydrogen (secondary N) is 1. The first-order valence-corrected chi connectivity index (χ1v) is 7.25. The van der Waals surface area contributed by atoms with E-state index in [4.69, 9.17) is 5.11 Å². The average Bonchev–Trinajstić information content (AvgIpc) is 2.40. The Kier molecular flexibility index (Phi) is 4.01. The third-order valence-corrected chi connectivity index (χ3v) is 4.13. The summed E-state index contributed by atoms with van der Waals surface area (Å²) in [5.74, 6) is -0.907. The van der Waals surface area contributed by atoms with E-state index in [1.807, 2.05) is 0 Å². The van der Waals surface area contributed by atoms with Gasteiger partial charge in [0.05, 0.1) is 12.3 Å². The Labute approximate surface area is 116 Å². The summed E-state index contributed by atoms with van der Waals surface area (Å²) in [5.41, 5.74) is 1.27. The van der Waals surface area contributed by atoms with E-state index in [2.05, 4.69) is 9.71 Å². The summed E-state index contributed by atoms with van der Waals surface area (Å²) >= 11 is 0. The van der Waals surface area contributed by atoms with Crippen molar-refractivity contribution in [2.75, 3.05) is 4.72 Å². The Morgan fingerprint density at radius 2 is 2.10 bits per heavy atom. The predicted octanol–water partition coefficient (Wildman–Crippen LogP) is 1.82. The van der Waals surface area contributed by atoms with Gasteiger partial charge in [0.15, 0.2) is 0 Å². The van der Waals surface area contributed by atoms with Crippen LogP contribution in [-0.4, -0.2) is 18.5 Å². The van der Waals surface area contributed by atoms with Crippen LogP contribution in [0.25, 0.3) is 0 Å². The summed E-state index contributed by atoms with van der Waals surface area (Å²) in [6.45, 7) is 1.34. The maximum absolute atomic E-state index is 13.8. The summed E-state index contributed by atoms with van der Waals surface area (Å²) in [6.07, 6.45) is 2.94. The molecule has 2 N–H and O–H groups in total. The van der Waals surface area contributed by atoms with Crippen LogP contribution in [-0.2, 0) is 16.6 Å². The van der Waals surface area contributed by atoms with E-state index in [0.29, 0.717) is 16.8 Å². The number of sulfonamides is 1. The van der Waals surface area contributed by atoms with E-state index in [0.717, 1.165) is 12.1 Å². The highest BCUT2D eigenvalue weighted by molar-refractivity contribution is 7.92. The molecule has 2 rings (SSSR count). The molecule has 0 saturated carbocycles. The fourth-order valence-electron chi connectivity index (χ4n) is 1.65. The number of aromatic nitrogens is 1. The largest absolute Gasteiger partial charge is 0.392 e. The summed E-state index contributed by atoms with van der Waals surface area (Å²) in [4.78, 5) is 3.38. The molecule has 0 bridgehead atoms. The van der Waals surface area contributed by atoms with Crippen molar-refractivity contribution in [2.24, 2.45) is 0 Å². The molecule has 0 spiro atoms. The molecule has 1 heterocycles. The number of rotatable bonds is 4. The molecule has 0 saturated heterocycles. The fraction of sp³-hybridized carbons (Fsp3) is 0.154. The van der Waals surface area contributed by atoms with E-state index in [9.17, 15) is 12.8 Å². The van der Waals surface area contributed by atoms with Crippen LogP contribution in [0.15, 0.2) is 41.6 Å². The van der Waals surface area contributed by atoms with Gasteiger partial charge in [-0.1, -0.05) is 6.07 Å². The molecule has 0 amide bonds. The quantitative estimate of drug-likeness (QED) is 0.902. The Morgan fingerprint density at radius 1 is 1.35 bits per heavy atom. The van der Waals surface area contributed by atoms with Crippen LogP contribution in [0.1, 0.15) is 11.1 Å². The molecule has 7 heteroatoms. The molecule has 1 aromatic heterocycles. The zero-order valence-corrected chi connectivity index (χ0v) is 11.5. The second-order valence-electron chi connectivity index (χ2n) is 4.22. The van der Waals surface area contributed by atoms with Crippen molar-refractivity contribution in [1.29, 1.82) is 0 Å². The van der Waals surface area contributed by atoms with Crippen LogP contribution >= 0.6 is 0 Å². The summed E-state index contributed by atoms with van der Waals surface area (Å²) in [7, 11) is -4.03. The lowest BCUT2D eigenvalue weighted by atomic mass is 10.2. The lowest BCUT2D eigenvalue weighted by molar-refractivity contribution is 0.281. The Morgan fingerprint density at radius 3 is 2.70 bits per heavy atom. The van der Waals surface area contributed by atoms with Gasteiger partial charge in [0.2, 0.25) is 0 Å². The molecule has 0 aliphatic carbocycles. The highest BCUT2D eigenvalue weighted by atomic mass is 32.2. The third-order valence-electron chi connectivity index (χ3n) is 2.73. The van der Waals surface area contributed by atoms with Crippen molar-refractivity contribution in [3.8, 4) is 0 Å². The number of anilines is 1. The molecule has 0 unspecified atom stereocenters. The van der Waals surface area contributed by atoms with Crippen LogP contribution in [0.5, 0.6) is 0 Å². The number of aryl methyl sites for hydroxylation is 1. The molecule has 20 heavy (non-hydrogen) atoms. The first-order chi connectivity index (χ1) is 9.44. The van der Waals surface area contributed by atoms with E-state index in [1.165, 1.54) is 24.5 Å². The van der Waals surface area contributed by atoms with Crippen molar-refractivity contribution < 1.29 is 17.9 Å². The van der Waals surface area contributed by atoms with Gasteiger partial charge < -0.3 is 5.11 Å². The molecule has 0 radical (unpaired) electrons. The second kappa shape index (κ2) is 5.56. The van der Waals surface area contributed by atoms with Crippen molar-refractivity contribution >= 4 is 15.7 Å². The van der Waals surface area contributed by atoms with Gasteiger partial charge in [-0.3, -0.25) is 9.71 Å². The molecule has 106 valence electrons. The highest BCUT2D eigenvalue weighted by Crippen LogP contribution is 2.21. The number of pyridine rings is 1. The van der Waals surface area contributed by atoms with Crippen LogP contribution < -0.4 is 4.72 Å². The molecular weight excluding hydrogens is 283 g/mol. The van der Waals surface area contributed by atoms with Gasteiger partial charge >= 0.3 is 0 Å². The van der Waals surface area contributed by atoms with E-state index >= 15 is 0 Å². The van der Waals surface area contributed by atoms with Crippen LogP contribution in [0.4, 0.5) is 10.1 Å². The van der Waals surface area contributed by atoms with Crippen molar-refractivity contribution in [3.63, 3.8) is 0 Å². The molecule has 5 nitrogen and oxygen atoms in total. The van der Waals surface area contributed by atoms with E-state index < -0.39 is 20.7 Å². The average molecular weight is 296 g/mol. The number of benzene rings is 1. The Hall–Kier alpha value is -1.99. The second-order valence-corrected chi connectivity index (χ2v) is 5.87. The monoisotopic (exact) mass is 296 g/mol. The number of aliphatic hydroxyl groups is 1. The van der Waals surface area contributed by atoms with E-state index in [1.54, 1.807) is 6.92 Å². The number of hydrogen-bond acceptors (Lipinski definition) is 4. The number of aliphatic hydroxyl groups excluding tert-OH is 1. The third kappa shape index (κ3) is 2.94. The van der Waals surface area contributed by atoms with Gasteiger partial charge in [0.25, 0.3) is 10.0 Å².